The van der Waals surface area contributed by atoms with Gasteiger partial charge in [-0.3, -0.25) is 4.79 Å². The van der Waals surface area contributed by atoms with Crippen LogP contribution in [-0.4, -0.2) is 10.4 Å². The van der Waals surface area contributed by atoms with Crippen molar-refractivity contribution >= 4 is 50.3 Å². The molecule has 1 atom stereocenters. The summed E-state index contributed by atoms with van der Waals surface area (Å²) in [7, 11) is 0. The van der Waals surface area contributed by atoms with Gasteiger partial charge in [-0.2, -0.15) is 0 Å². The monoisotopic (exact) mass is 534 g/mol. The highest BCUT2D eigenvalue weighted by Gasteiger charge is 2.41. The first-order chi connectivity index (χ1) is 18.8. The number of hydrogen-bond donors (Lipinski definition) is 1. The van der Waals surface area contributed by atoms with Crippen LogP contribution in [0.3, 0.4) is 0 Å². The average molecular weight is 535 g/mol. The molecule has 1 aromatic heterocycles. The number of Topliss-reactive ketones (excluding diaryl/α,β-unsaturated/α-hetero) is 1. The molecule has 0 fully saturated rings. The van der Waals surface area contributed by atoms with Crippen LogP contribution in [0.2, 0.25) is 5.02 Å². The number of nitrogens with zero attached hydrogens (tertiary/aromatic N) is 1. The minimum Gasteiger partial charge on any atom is -0.373 e. The summed E-state index contributed by atoms with van der Waals surface area (Å²) in [4.78, 5) is 13.9. The Kier molecular flexibility index (Phi) is 5.47. The van der Waals surface area contributed by atoms with E-state index in [1.165, 1.54) is 6.07 Å². The second kappa shape index (κ2) is 8.82. The molecule has 0 saturated heterocycles. The van der Waals surface area contributed by atoms with E-state index in [9.17, 15) is 9.18 Å². The van der Waals surface area contributed by atoms with Gasteiger partial charge in [-0.05, 0) is 52.4 Å². The van der Waals surface area contributed by atoms with Crippen LogP contribution in [0.5, 0.6) is 0 Å². The summed E-state index contributed by atoms with van der Waals surface area (Å²) in [5.41, 5.74) is 6.49. The van der Waals surface area contributed by atoms with Gasteiger partial charge in [0.25, 0.3) is 0 Å². The van der Waals surface area contributed by atoms with E-state index < -0.39 is 0 Å². The van der Waals surface area contributed by atoms with E-state index in [0.717, 1.165) is 56.1 Å². The maximum atomic E-state index is 14.8. The van der Waals surface area contributed by atoms with Crippen LogP contribution in [0.1, 0.15) is 49.4 Å². The third-order valence-electron chi connectivity index (χ3n) is 8.26. The highest BCUT2D eigenvalue weighted by Crippen LogP contribution is 2.52. The summed E-state index contributed by atoms with van der Waals surface area (Å²) >= 11 is 6.41. The van der Waals surface area contributed by atoms with E-state index in [1.54, 1.807) is 12.1 Å². The zero-order chi connectivity index (χ0) is 26.9. The molecule has 5 aromatic rings. The standard InChI is InChI=1S/C34H28ClFN2O/c1-34(2)16-23-31-21-9-4-3-8-20(21)14-15-28(31)37-33(32(23)30(39)17-34)24-18-38(29-13-6-5-10-22(24)29)19-25-26(35)11-7-12-27(25)36/h3-15,18,33,37H,16-17,19H2,1-2H3. The second-order valence-electron chi connectivity index (χ2n) is 11.5. The Morgan fingerprint density at radius 3 is 2.54 bits per heavy atom. The quantitative estimate of drug-likeness (QED) is 0.250. The van der Waals surface area contributed by atoms with Gasteiger partial charge in [-0.25, -0.2) is 4.39 Å². The predicted molar refractivity (Wildman–Crippen MR) is 158 cm³/mol. The molecule has 1 aliphatic heterocycles. The van der Waals surface area contributed by atoms with Gasteiger partial charge >= 0.3 is 0 Å². The van der Waals surface area contributed by atoms with Gasteiger partial charge in [0.05, 0.1) is 12.6 Å². The summed E-state index contributed by atoms with van der Waals surface area (Å²) < 4.78 is 16.8. The third kappa shape index (κ3) is 3.89. The van der Waals surface area contributed by atoms with E-state index in [1.807, 2.05) is 22.8 Å². The number of anilines is 1. The Morgan fingerprint density at radius 1 is 0.949 bits per heavy atom. The summed E-state index contributed by atoms with van der Waals surface area (Å²) in [6, 6.07) is 25.3. The number of carbonyl (C=O) groups is 1. The Hall–Kier alpha value is -3.89. The number of allylic oxidation sites excluding steroid dienone is 1. The number of halogens is 2. The minimum absolute atomic E-state index is 0.123. The zero-order valence-corrected chi connectivity index (χ0v) is 22.6. The molecule has 194 valence electrons. The molecule has 0 amide bonds. The highest BCUT2D eigenvalue weighted by molar-refractivity contribution is 6.31. The summed E-state index contributed by atoms with van der Waals surface area (Å²) in [6.45, 7) is 4.66. The van der Waals surface area contributed by atoms with Crippen LogP contribution in [0.4, 0.5) is 10.1 Å². The topological polar surface area (TPSA) is 34.0 Å². The van der Waals surface area contributed by atoms with Crippen molar-refractivity contribution in [3.8, 4) is 0 Å². The summed E-state index contributed by atoms with van der Waals surface area (Å²) in [6.07, 6.45) is 3.40. The highest BCUT2D eigenvalue weighted by atomic mass is 35.5. The lowest BCUT2D eigenvalue weighted by Gasteiger charge is -2.40. The Bertz CT molecular complexity index is 1830. The number of rotatable bonds is 3. The Balaban J connectivity index is 1.45. The number of para-hydroxylation sites is 1. The molecular formula is C34H28ClFN2O. The van der Waals surface area contributed by atoms with E-state index in [-0.39, 0.29) is 23.1 Å². The van der Waals surface area contributed by atoms with Crippen molar-refractivity contribution in [2.45, 2.75) is 39.3 Å². The zero-order valence-electron chi connectivity index (χ0n) is 21.9. The first-order valence-electron chi connectivity index (χ1n) is 13.4. The molecule has 1 unspecified atom stereocenters. The van der Waals surface area contributed by atoms with Gasteiger partial charge < -0.3 is 9.88 Å². The molecule has 0 spiro atoms. The molecule has 3 nitrogen and oxygen atoms in total. The lowest BCUT2D eigenvalue weighted by Crippen LogP contribution is -2.33. The van der Waals surface area contributed by atoms with E-state index >= 15 is 0 Å². The maximum Gasteiger partial charge on any atom is 0.162 e. The van der Waals surface area contributed by atoms with Crippen LogP contribution in [-0.2, 0) is 11.3 Å². The molecule has 0 radical (unpaired) electrons. The van der Waals surface area contributed by atoms with Crippen molar-refractivity contribution in [2.24, 2.45) is 5.41 Å². The van der Waals surface area contributed by atoms with Crippen LogP contribution < -0.4 is 5.32 Å². The Labute approximate surface area is 231 Å². The number of carbonyl (C=O) groups excluding carboxylic acids is 1. The van der Waals surface area contributed by atoms with Gasteiger partial charge in [0.2, 0.25) is 0 Å². The van der Waals surface area contributed by atoms with Crippen molar-refractivity contribution < 1.29 is 9.18 Å². The number of ketones is 1. The van der Waals surface area contributed by atoms with E-state index in [4.69, 9.17) is 11.6 Å². The Morgan fingerprint density at radius 2 is 1.72 bits per heavy atom. The second-order valence-corrected chi connectivity index (χ2v) is 12.0. The van der Waals surface area contributed by atoms with E-state index in [2.05, 4.69) is 67.8 Å². The van der Waals surface area contributed by atoms with Crippen LogP contribution >= 0.6 is 11.6 Å². The molecule has 2 heterocycles. The first kappa shape index (κ1) is 24.2. The number of nitrogens with one attached hydrogen (secondary N) is 1. The molecule has 0 saturated carbocycles. The van der Waals surface area contributed by atoms with Gasteiger partial charge in [-0.1, -0.05) is 80.0 Å². The lowest BCUT2D eigenvalue weighted by molar-refractivity contribution is -0.118. The largest absolute Gasteiger partial charge is 0.373 e. The maximum absolute atomic E-state index is 14.8. The smallest absolute Gasteiger partial charge is 0.162 e. The first-order valence-corrected chi connectivity index (χ1v) is 13.7. The van der Waals surface area contributed by atoms with Crippen molar-refractivity contribution in [3.05, 3.63) is 118 Å². The summed E-state index contributed by atoms with van der Waals surface area (Å²) in [5.74, 6) is -0.139. The van der Waals surface area contributed by atoms with Gasteiger partial charge in [0.1, 0.15) is 5.82 Å². The summed E-state index contributed by atoms with van der Waals surface area (Å²) in [5, 5.41) is 7.53. The van der Waals surface area contributed by atoms with Crippen LogP contribution in [0, 0.1) is 11.2 Å². The number of hydrogen-bond acceptors (Lipinski definition) is 2. The average Bonchev–Trinajstić information content (AvgIpc) is 3.27. The molecular weight excluding hydrogens is 507 g/mol. The predicted octanol–water partition coefficient (Wildman–Crippen LogP) is 8.94. The lowest BCUT2D eigenvalue weighted by atomic mass is 9.68. The SMILES string of the molecule is CC1(C)CC(=O)C2=C(C1)c1c(ccc3ccccc13)NC2c1cn(Cc2c(F)cccc2Cl)c2ccccc12. The van der Waals surface area contributed by atoms with Crippen molar-refractivity contribution in [1.29, 1.82) is 0 Å². The van der Waals surface area contributed by atoms with Crippen LogP contribution in [0.25, 0.3) is 27.2 Å². The van der Waals surface area contributed by atoms with Crippen LogP contribution in [0.15, 0.2) is 90.6 Å². The number of fused-ring (bicyclic) bond motifs is 5. The van der Waals surface area contributed by atoms with Crippen molar-refractivity contribution in [2.75, 3.05) is 5.32 Å². The minimum atomic E-state index is -0.326. The molecule has 39 heavy (non-hydrogen) atoms. The number of aromatic nitrogens is 1. The fourth-order valence-electron chi connectivity index (χ4n) is 6.56. The molecule has 1 aliphatic carbocycles. The molecule has 1 N–H and O–H groups in total. The molecule has 5 heteroatoms. The molecule has 2 aliphatic rings. The number of benzene rings is 4. The van der Waals surface area contributed by atoms with Gasteiger partial charge in [0, 0.05) is 56.5 Å². The third-order valence-corrected chi connectivity index (χ3v) is 8.61. The normalized spacial score (nSPS) is 18.3. The van der Waals surface area contributed by atoms with Crippen molar-refractivity contribution in [3.63, 3.8) is 0 Å². The molecule has 0 bridgehead atoms. The van der Waals surface area contributed by atoms with Crippen molar-refractivity contribution in [1.82, 2.24) is 4.57 Å². The fraction of sp³-hybridized carbons (Fsp3) is 0.206. The molecule has 7 rings (SSSR count). The fourth-order valence-corrected chi connectivity index (χ4v) is 6.78. The van der Waals surface area contributed by atoms with Gasteiger partial charge in [0.15, 0.2) is 5.78 Å². The van der Waals surface area contributed by atoms with Gasteiger partial charge in [-0.15, -0.1) is 0 Å². The van der Waals surface area contributed by atoms with E-state index in [0.29, 0.717) is 23.6 Å². The molecule has 4 aromatic carbocycles.